The van der Waals surface area contributed by atoms with E-state index in [2.05, 4.69) is 25.2 Å². The molecule has 0 aliphatic carbocycles. The summed E-state index contributed by atoms with van der Waals surface area (Å²) in [7, 11) is 0. The number of aromatic nitrogens is 3. The molecule has 0 bridgehead atoms. The van der Waals surface area contributed by atoms with Gasteiger partial charge in [-0.1, -0.05) is 11.2 Å². The second kappa shape index (κ2) is 8.39. The molecule has 1 fully saturated rings. The number of nitrogens with one attached hydrogen (secondary N) is 1. The molecule has 1 aliphatic rings. The number of halogens is 4. The minimum atomic E-state index is -4.94. The molecule has 1 N–H and O–H groups in total. The summed E-state index contributed by atoms with van der Waals surface area (Å²) in [4.78, 5) is 8.77. The Hall–Kier alpha value is -3.01. The number of piperidine rings is 1. The quantitative estimate of drug-likeness (QED) is 0.621. The van der Waals surface area contributed by atoms with Crippen LogP contribution in [0.4, 0.5) is 17.6 Å². The molecule has 1 aromatic carbocycles. The van der Waals surface area contributed by atoms with Crippen LogP contribution >= 0.6 is 0 Å². The molecule has 1 aliphatic heterocycles. The molecular weight excluding hydrogens is 404 g/mol. The average molecular weight is 422 g/mol. The van der Waals surface area contributed by atoms with Gasteiger partial charge < -0.3 is 14.6 Å². The Bertz CT molecular complexity index is 999. The first-order valence-electron chi connectivity index (χ1n) is 9.41. The van der Waals surface area contributed by atoms with Crippen molar-refractivity contribution in [2.45, 2.75) is 31.5 Å². The molecule has 1 saturated heterocycles. The fourth-order valence-corrected chi connectivity index (χ4v) is 3.31. The number of alkyl halides is 3. The molecule has 2 aromatic heterocycles. The van der Waals surface area contributed by atoms with Crippen molar-refractivity contribution >= 4 is 0 Å². The molecule has 0 saturated carbocycles. The largest absolute Gasteiger partial charge is 0.573 e. The number of hydrogen-bond donors (Lipinski definition) is 1. The molecular formula is C20H18F4N4O2. The first-order chi connectivity index (χ1) is 14.4. The van der Waals surface area contributed by atoms with Crippen molar-refractivity contribution in [1.29, 1.82) is 0 Å². The molecule has 3 aromatic rings. The second-order valence-corrected chi connectivity index (χ2v) is 7.03. The predicted octanol–water partition coefficient (Wildman–Crippen LogP) is 4.23. The summed E-state index contributed by atoms with van der Waals surface area (Å²) < 4.78 is 59.6. The van der Waals surface area contributed by atoms with Gasteiger partial charge in [0.2, 0.25) is 11.7 Å². The van der Waals surface area contributed by atoms with Gasteiger partial charge in [0.25, 0.3) is 0 Å². The van der Waals surface area contributed by atoms with Crippen LogP contribution in [-0.2, 0) is 6.42 Å². The highest BCUT2D eigenvalue weighted by Crippen LogP contribution is 2.27. The Labute approximate surface area is 169 Å². The van der Waals surface area contributed by atoms with E-state index < -0.39 is 17.9 Å². The zero-order chi connectivity index (χ0) is 21.1. The highest BCUT2D eigenvalue weighted by molar-refractivity contribution is 5.52. The van der Waals surface area contributed by atoms with E-state index in [4.69, 9.17) is 4.52 Å². The van der Waals surface area contributed by atoms with Gasteiger partial charge in [0.1, 0.15) is 0 Å². The van der Waals surface area contributed by atoms with Crippen LogP contribution in [0.25, 0.3) is 11.4 Å². The van der Waals surface area contributed by atoms with Gasteiger partial charge in [-0.2, -0.15) is 4.98 Å². The van der Waals surface area contributed by atoms with Gasteiger partial charge >= 0.3 is 6.36 Å². The van der Waals surface area contributed by atoms with Crippen LogP contribution in [0, 0.1) is 5.82 Å². The third-order valence-corrected chi connectivity index (χ3v) is 4.78. The maximum absolute atomic E-state index is 13.8. The predicted molar refractivity (Wildman–Crippen MR) is 98.3 cm³/mol. The van der Waals surface area contributed by atoms with Gasteiger partial charge in [-0.05, 0) is 49.2 Å². The molecule has 3 heterocycles. The van der Waals surface area contributed by atoms with Crippen molar-refractivity contribution in [3.05, 3.63) is 59.5 Å². The molecule has 158 valence electrons. The lowest BCUT2D eigenvalue weighted by Gasteiger charge is -2.18. The number of pyridine rings is 1. The Morgan fingerprint density at radius 3 is 2.73 bits per heavy atom. The normalized spacial score (nSPS) is 17.1. The van der Waals surface area contributed by atoms with Crippen molar-refractivity contribution in [3.8, 4) is 17.1 Å². The fraction of sp³-hybridized carbons (Fsp3) is 0.350. The van der Waals surface area contributed by atoms with Gasteiger partial charge in [-0.25, -0.2) is 4.39 Å². The van der Waals surface area contributed by atoms with Gasteiger partial charge in [-0.15, -0.1) is 13.2 Å². The fourth-order valence-electron chi connectivity index (χ4n) is 3.31. The number of nitrogens with zero attached hydrogens (tertiary/aromatic N) is 3. The van der Waals surface area contributed by atoms with E-state index in [0.717, 1.165) is 38.1 Å². The van der Waals surface area contributed by atoms with Crippen LogP contribution in [0.5, 0.6) is 5.75 Å². The van der Waals surface area contributed by atoms with Gasteiger partial charge in [-0.3, -0.25) is 4.98 Å². The molecule has 0 radical (unpaired) electrons. The van der Waals surface area contributed by atoms with Gasteiger partial charge in [0, 0.05) is 30.4 Å². The molecule has 0 unspecified atom stereocenters. The smallest absolute Gasteiger partial charge is 0.403 e. The summed E-state index contributed by atoms with van der Waals surface area (Å²) >= 11 is 0. The van der Waals surface area contributed by atoms with Crippen molar-refractivity contribution in [2.75, 3.05) is 13.1 Å². The first-order valence-corrected chi connectivity index (χ1v) is 9.41. The van der Waals surface area contributed by atoms with Gasteiger partial charge in [0.15, 0.2) is 11.6 Å². The van der Waals surface area contributed by atoms with Crippen molar-refractivity contribution in [2.24, 2.45) is 0 Å². The van der Waals surface area contributed by atoms with E-state index >= 15 is 0 Å². The van der Waals surface area contributed by atoms with E-state index in [-0.39, 0.29) is 12.3 Å². The summed E-state index contributed by atoms with van der Waals surface area (Å²) in [6, 6.07) is 6.82. The minimum Gasteiger partial charge on any atom is -0.403 e. The Balaban J connectivity index is 1.43. The van der Waals surface area contributed by atoms with Crippen LogP contribution in [-0.4, -0.2) is 34.6 Å². The topological polar surface area (TPSA) is 73.1 Å². The molecule has 1 atom stereocenters. The molecule has 30 heavy (non-hydrogen) atoms. The molecule has 0 spiro atoms. The van der Waals surface area contributed by atoms with Crippen molar-refractivity contribution in [1.82, 2.24) is 20.4 Å². The standard InChI is InChI=1S/C20H18F4N4O2/c21-16-9-12(3-6-17(16)29-20(22,23)24)8-15-5-4-13(11-26-15)18-27-19(30-28-18)14-2-1-7-25-10-14/h3-6,9,11,14,25H,1-2,7-8,10H2/t14-/m1/s1. The summed E-state index contributed by atoms with van der Waals surface area (Å²) in [5.74, 6) is -0.715. The lowest BCUT2D eigenvalue weighted by atomic mass is 10.00. The van der Waals surface area contributed by atoms with Gasteiger partial charge in [0.05, 0.1) is 5.92 Å². The summed E-state index contributed by atoms with van der Waals surface area (Å²) in [6.45, 7) is 1.80. The summed E-state index contributed by atoms with van der Waals surface area (Å²) in [5, 5.41) is 7.32. The molecule has 0 amide bonds. The second-order valence-electron chi connectivity index (χ2n) is 7.03. The maximum Gasteiger partial charge on any atom is 0.573 e. The average Bonchev–Trinajstić information content (AvgIpc) is 3.21. The summed E-state index contributed by atoms with van der Waals surface area (Å²) in [5.41, 5.74) is 1.76. The third kappa shape index (κ3) is 4.93. The van der Waals surface area contributed by atoms with Crippen LogP contribution in [0.3, 0.4) is 0 Å². The highest BCUT2D eigenvalue weighted by Gasteiger charge is 2.32. The van der Waals surface area contributed by atoms with E-state index in [1.54, 1.807) is 18.3 Å². The van der Waals surface area contributed by atoms with Crippen molar-refractivity contribution in [3.63, 3.8) is 0 Å². The Morgan fingerprint density at radius 2 is 2.07 bits per heavy atom. The van der Waals surface area contributed by atoms with E-state index in [1.807, 2.05) is 0 Å². The van der Waals surface area contributed by atoms with Crippen LogP contribution in [0.2, 0.25) is 0 Å². The summed E-state index contributed by atoms with van der Waals surface area (Å²) in [6.07, 6.45) is -1.06. The number of hydrogen-bond acceptors (Lipinski definition) is 6. The minimum absolute atomic E-state index is 0.200. The van der Waals surface area contributed by atoms with E-state index in [9.17, 15) is 17.6 Å². The molecule has 6 nitrogen and oxygen atoms in total. The Morgan fingerprint density at radius 1 is 1.20 bits per heavy atom. The zero-order valence-electron chi connectivity index (χ0n) is 15.7. The Kier molecular flexibility index (Phi) is 5.67. The molecule has 10 heteroatoms. The maximum atomic E-state index is 13.8. The number of rotatable bonds is 5. The lowest BCUT2D eigenvalue weighted by Crippen LogP contribution is -2.28. The third-order valence-electron chi connectivity index (χ3n) is 4.78. The van der Waals surface area contributed by atoms with Crippen LogP contribution in [0.15, 0.2) is 41.1 Å². The van der Waals surface area contributed by atoms with E-state index in [1.165, 1.54) is 6.07 Å². The van der Waals surface area contributed by atoms with Crippen LogP contribution in [0.1, 0.15) is 35.9 Å². The SMILES string of the molecule is Fc1cc(Cc2ccc(-c3noc([C@@H]4CCCNC4)n3)cn2)ccc1OC(F)(F)F. The number of benzene rings is 1. The number of ether oxygens (including phenoxy) is 1. The first kappa shape index (κ1) is 20.3. The van der Waals surface area contributed by atoms with Crippen molar-refractivity contribution < 1.29 is 26.8 Å². The molecule has 4 rings (SSSR count). The highest BCUT2D eigenvalue weighted by atomic mass is 19.4. The van der Waals surface area contributed by atoms with E-state index in [0.29, 0.717) is 28.5 Å². The van der Waals surface area contributed by atoms with Crippen LogP contribution < -0.4 is 10.1 Å². The zero-order valence-corrected chi connectivity index (χ0v) is 15.7. The lowest BCUT2D eigenvalue weighted by molar-refractivity contribution is -0.275. The monoisotopic (exact) mass is 422 g/mol.